The maximum absolute atomic E-state index is 12.7. The van der Waals surface area contributed by atoms with Crippen LogP contribution in [0.25, 0.3) is 0 Å². The van der Waals surface area contributed by atoms with Crippen LogP contribution in [0.1, 0.15) is 21.5 Å². The number of nitrogens with one attached hydrogen (secondary N) is 1. The Kier molecular flexibility index (Phi) is 6.87. The minimum Gasteiger partial charge on any atom is -0.475 e. The highest BCUT2D eigenvalue weighted by Crippen LogP contribution is 2.15. The van der Waals surface area contributed by atoms with E-state index in [4.69, 9.17) is 9.47 Å². The molecular formula is C22H21N3O3. The highest BCUT2D eigenvalue weighted by molar-refractivity contribution is 6.13. The number of methoxy groups -OCH3 is 1. The SMILES string of the molecule is COCCOc1ncccc1C(=O)NN=C(c1ccccc1)c1ccccc1. The van der Waals surface area contributed by atoms with Gasteiger partial charge in [0.15, 0.2) is 0 Å². The summed E-state index contributed by atoms with van der Waals surface area (Å²) in [7, 11) is 1.58. The zero-order valence-corrected chi connectivity index (χ0v) is 15.5. The van der Waals surface area contributed by atoms with E-state index in [0.29, 0.717) is 24.5 Å². The van der Waals surface area contributed by atoms with Crippen molar-refractivity contribution in [3.63, 3.8) is 0 Å². The van der Waals surface area contributed by atoms with Crippen molar-refractivity contribution in [1.29, 1.82) is 0 Å². The fraction of sp³-hybridized carbons (Fsp3) is 0.136. The molecule has 0 aliphatic heterocycles. The Morgan fingerprint density at radius 1 is 0.929 bits per heavy atom. The number of benzene rings is 2. The molecule has 0 unspecified atom stereocenters. The fourth-order valence-electron chi connectivity index (χ4n) is 2.56. The number of ether oxygens (including phenoxy) is 2. The summed E-state index contributed by atoms with van der Waals surface area (Å²) >= 11 is 0. The third-order valence-corrected chi connectivity index (χ3v) is 3.91. The summed E-state index contributed by atoms with van der Waals surface area (Å²) < 4.78 is 10.5. The quantitative estimate of drug-likeness (QED) is 0.373. The van der Waals surface area contributed by atoms with Gasteiger partial charge in [0, 0.05) is 24.4 Å². The molecule has 1 amide bonds. The maximum Gasteiger partial charge on any atom is 0.276 e. The lowest BCUT2D eigenvalue weighted by atomic mass is 10.0. The molecule has 3 aromatic rings. The number of hydrogen-bond donors (Lipinski definition) is 1. The molecule has 0 aliphatic carbocycles. The Morgan fingerprint density at radius 3 is 2.18 bits per heavy atom. The van der Waals surface area contributed by atoms with Gasteiger partial charge in [-0.2, -0.15) is 5.10 Å². The lowest BCUT2D eigenvalue weighted by Crippen LogP contribution is -2.22. The number of pyridine rings is 1. The molecule has 0 bridgehead atoms. The zero-order chi connectivity index (χ0) is 19.6. The van der Waals surface area contributed by atoms with E-state index in [1.165, 1.54) is 0 Å². The number of hydrogen-bond acceptors (Lipinski definition) is 5. The van der Waals surface area contributed by atoms with Gasteiger partial charge in [0.1, 0.15) is 12.2 Å². The Balaban J connectivity index is 1.85. The molecule has 0 atom stereocenters. The number of amides is 1. The van der Waals surface area contributed by atoms with E-state index in [9.17, 15) is 4.79 Å². The van der Waals surface area contributed by atoms with Crippen LogP contribution in [0.5, 0.6) is 5.88 Å². The first-order chi connectivity index (χ1) is 13.8. The molecular weight excluding hydrogens is 354 g/mol. The van der Waals surface area contributed by atoms with Crippen molar-refractivity contribution in [2.75, 3.05) is 20.3 Å². The lowest BCUT2D eigenvalue weighted by molar-refractivity contribution is 0.0945. The molecule has 1 N–H and O–H groups in total. The van der Waals surface area contributed by atoms with E-state index in [0.717, 1.165) is 11.1 Å². The van der Waals surface area contributed by atoms with E-state index >= 15 is 0 Å². The van der Waals surface area contributed by atoms with Crippen molar-refractivity contribution < 1.29 is 14.3 Å². The summed E-state index contributed by atoms with van der Waals surface area (Å²) in [6, 6.07) is 22.7. The van der Waals surface area contributed by atoms with Crippen molar-refractivity contribution in [3.8, 4) is 5.88 Å². The third-order valence-electron chi connectivity index (χ3n) is 3.91. The molecule has 28 heavy (non-hydrogen) atoms. The second kappa shape index (κ2) is 9.99. The van der Waals surface area contributed by atoms with E-state index in [-0.39, 0.29) is 5.88 Å². The van der Waals surface area contributed by atoms with Crippen molar-refractivity contribution >= 4 is 11.6 Å². The first kappa shape index (κ1) is 19.3. The topological polar surface area (TPSA) is 72.8 Å². The van der Waals surface area contributed by atoms with Crippen molar-refractivity contribution in [2.45, 2.75) is 0 Å². The summed E-state index contributed by atoms with van der Waals surface area (Å²) in [5.74, 6) is -0.155. The van der Waals surface area contributed by atoms with Gasteiger partial charge in [0.25, 0.3) is 5.91 Å². The summed E-state index contributed by atoms with van der Waals surface area (Å²) in [4.78, 5) is 16.8. The normalized spacial score (nSPS) is 10.2. The lowest BCUT2D eigenvalue weighted by Gasteiger charge is -2.10. The molecule has 0 saturated heterocycles. The van der Waals surface area contributed by atoms with Crippen LogP contribution in [0.2, 0.25) is 0 Å². The van der Waals surface area contributed by atoms with Crippen LogP contribution in [-0.2, 0) is 4.74 Å². The van der Waals surface area contributed by atoms with Gasteiger partial charge in [-0.25, -0.2) is 10.4 Å². The average Bonchev–Trinajstić information content (AvgIpc) is 2.76. The van der Waals surface area contributed by atoms with Gasteiger partial charge in [-0.05, 0) is 12.1 Å². The predicted molar refractivity (Wildman–Crippen MR) is 108 cm³/mol. The zero-order valence-electron chi connectivity index (χ0n) is 15.5. The molecule has 6 heteroatoms. The van der Waals surface area contributed by atoms with Crippen molar-refractivity contribution in [2.24, 2.45) is 5.10 Å². The summed E-state index contributed by atoms with van der Waals surface area (Å²) in [5, 5.41) is 4.39. The van der Waals surface area contributed by atoms with E-state index in [1.54, 1.807) is 25.4 Å². The molecule has 2 aromatic carbocycles. The van der Waals surface area contributed by atoms with Gasteiger partial charge in [0.2, 0.25) is 5.88 Å². The first-order valence-electron chi connectivity index (χ1n) is 8.85. The number of hydrazone groups is 1. The van der Waals surface area contributed by atoms with Crippen molar-refractivity contribution in [3.05, 3.63) is 95.7 Å². The Hall–Kier alpha value is -3.51. The number of nitrogens with zero attached hydrogens (tertiary/aromatic N) is 2. The third kappa shape index (κ3) is 5.02. The molecule has 0 spiro atoms. The van der Waals surface area contributed by atoms with E-state index in [2.05, 4.69) is 15.5 Å². The maximum atomic E-state index is 12.7. The van der Waals surface area contributed by atoms with Crippen LogP contribution in [0.15, 0.2) is 84.1 Å². The summed E-state index contributed by atoms with van der Waals surface area (Å²) in [6.45, 7) is 0.707. The molecule has 0 radical (unpaired) electrons. The standard InChI is InChI=1S/C22H21N3O3/c1-27-15-16-28-22-19(13-8-14-23-22)21(26)25-24-20(17-9-4-2-5-10-17)18-11-6-3-7-12-18/h2-14H,15-16H2,1H3,(H,25,26). The average molecular weight is 375 g/mol. The fourth-order valence-corrected chi connectivity index (χ4v) is 2.56. The number of aromatic nitrogens is 1. The van der Waals surface area contributed by atoms with Crippen molar-refractivity contribution in [1.82, 2.24) is 10.4 Å². The molecule has 1 aromatic heterocycles. The van der Waals surface area contributed by atoms with Gasteiger partial charge < -0.3 is 9.47 Å². The largest absolute Gasteiger partial charge is 0.475 e. The molecule has 3 rings (SSSR count). The Labute approximate surface area is 163 Å². The van der Waals surface area contributed by atoms with Gasteiger partial charge in [0.05, 0.1) is 12.3 Å². The van der Waals surface area contributed by atoms with Gasteiger partial charge >= 0.3 is 0 Å². The summed E-state index contributed by atoms with van der Waals surface area (Å²) in [5.41, 5.74) is 5.40. The van der Waals surface area contributed by atoms with Crippen LogP contribution in [0, 0.1) is 0 Å². The van der Waals surface area contributed by atoms with Crippen LogP contribution in [0.3, 0.4) is 0 Å². The van der Waals surface area contributed by atoms with Gasteiger partial charge in [-0.1, -0.05) is 60.7 Å². The second-order valence-corrected chi connectivity index (χ2v) is 5.83. The molecule has 0 fully saturated rings. The van der Waals surface area contributed by atoms with Gasteiger partial charge in [-0.15, -0.1) is 0 Å². The minimum atomic E-state index is -0.398. The molecule has 1 heterocycles. The number of rotatable bonds is 8. The number of carbonyl (C=O) groups excluding carboxylic acids is 1. The second-order valence-electron chi connectivity index (χ2n) is 5.83. The molecule has 0 saturated carbocycles. The summed E-state index contributed by atoms with van der Waals surface area (Å²) in [6.07, 6.45) is 1.57. The highest BCUT2D eigenvalue weighted by atomic mass is 16.5. The first-order valence-corrected chi connectivity index (χ1v) is 8.85. The Bertz CT molecular complexity index is 887. The Morgan fingerprint density at radius 2 is 1.57 bits per heavy atom. The number of carbonyl (C=O) groups is 1. The predicted octanol–water partition coefficient (Wildman–Crippen LogP) is 3.29. The van der Waals surface area contributed by atoms with E-state index < -0.39 is 5.91 Å². The minimum absolute atomic E-state index is 0.244. The van der Waals surface area contributed by atoms with Crippen LogP contribution < -0.4 is 10.2 Å². The molecule has 142 valence electrons. The monoisotopic (exact) mass is 375 g/mol. The smallest absolute Gasteiger partial charge is 0.276 e. The van der Waals surface area contributed by atoms with Crippen LogP contribution in [-0.4, -0.2) is 36.9 Å². The van der Waals surface area contributed by atoms with E-state index in [1.807, 2.05) is 60.7 Å². The van der Waals surface area contributed by atoms with Crippen LogP contribution >= 0.6 is 0 Å². The molecule has 0 aliphatic rings. The highest BCUT2D eigenvalue weighted by Gasteiger charge is 2.14. The molecule has 6 nitrogen and oxygen atoms in total. The van der Waals surface area contributed by atoms with Crippen LogP contribution in [0.4, 0.5) is 0 Å². The van der Waals surface area contributed by atoms with Gasteiger partial charge in [-0.3, -0.25) is 4.79 Å².